The second-order valence-electron chi connectivity index (χ2n) is 4.74. The number of carbonyl (C=O) groups excluding carboxylic acids is 1. The summed E-state index contributed by atoms with van der Waals surface area (Å²) in [5, 5.41) is 2.87. The molecule has 0 saturated heterocycles. The number of rotatable bonds is 10. The molecule has 0 radical (unpaired) electrons. The zero-order chi connectivity index (χ0) is 12.9. The van der Waals surface area contributed by atoms with Crippen LogP contribution >= 0.6 is 0 Å². The molecule has 1 atom stereocenters. The number of alkyl carbamates (subject to hydrolysis) is 1. The van der Waals surface area contributed by atoms with Crippen LogP contribution in [0.15, 0.2) is 0 Å². The van der Waals surface area contributed by atoms with Crippen LogP contribution in [-0.2, 0) is 4.74 Å². The Morgan fingerprint density at radius 2 is 1.71 bits per heavy atom. The molecule has 0 bridgehead atoms. The lowest BCUT2D eigenvalue weighted by atomic mass is 10.1. The van der Waals surface area contributed by atoms with Crippen molar-refractivity contribution in [2.24, 2.45) is 0 Å². The summed E-state index contributed by atoms with van der Waals surface area (Å²) in [7, 11) is 0. The van der Waals surface area contributed by atoms with Crippen LogP contribution in [0.3, 0.4) is 0 Å². The van der Waals surface area contributed by atoms with Gasteiger partial charge in [0.2, 0.25) is 0 Å². The minimum atomic E-state index is -0.259. The molecule has 0 saturated carbocycles. The van der Waals surface area contributed by atoms with E-state index < -0.39 is 0 Å². The second kappa shape index (κ2) is 11.7. The van der Waals surface area contributed by atoms with Crippen LogP contribution in [0.4, 0.5) is 4.79 Å². The summed E-state index contributed by atoms with van der Waals surface area (Å²) in [4.78, 5) is 11.4. The van der Waals surface area contributed by atoms with Crippen LogP contribution in [0.5, 0.6) is 0 Å². The van der Waals surface area contributed by atoms with Crippen molar-refractivity contribution in [3.05, 3.63) is 0 Å². The summed E-state index contributed by atoms with van der Waals surface area (Å²) in [5.74, 6) is 0. The number of carbonyl (C=O) groups is 1. The van der Waals surface area contributed by atoms with E-state index in [0.29, 0.717) is 6.61 Å². The van der Waals surface area contributed by atoms with Crippen LogP contribution in [0.2, 0.25) is 0 Å². The van der Waals surface area contributed by atoms with Crippen molar-refractivity contribution in [2.45, 2.75) is 78.2 Å². The van der Waals surface area contributed by atoms with E-state index in [0.717, 1.165) is 19.3 Å². The molecule has 0 aliphatic heterocycles. The molecule has 0 fully saturated rings. The zero-order valence-corrected chi connectivity index (χ0v) is 11.8. The highest BCUT2D eigenvalue weighted by atomic mass is 16.5. The third-order valence-corrected chi connectivity index (χ3v) is 2.84. The van der Waals surface area contributed by atoms with E-state index in [1.165, 1.54) is 32.1 Å². The predicted octanol–water partition coefficient (Wildman–Crippen LogP) is 4.26. The topological polar surface area (TPSA) is 38.3 Å². The smallest absolute Gasteiger partial charge is 0.407 e. The first-order valence-corrected chi connectivity index (χ1v) is 7.14. The molecular formula is C14H29NO2. The Kier molecular flexibility index (Phi) is 11.2. The number of unbranched alkanes of at least 4 members (excludes halogenated alkanes) is 5. The number of nitrogens with one attached hydrogen (secondary N) is 1. The first-order chi connectivity index (χ1) is 8.20. The third kappa shape index (κ3) is 11.5. The lowest BCUT2D eigenvalue weighted by Crippen LogP contribution is -2.33. The van der Waals surface area contributed by atoms with Gasteiger partial charge in [0, 0.05) is 6.04 Å². The van der Waals surface area contributed by atoms with Crippen LogP contribution in [0.1, 0.15) is 72.1 Å². The molecule has 0 rings (SSSR count). The Morgan fingerprint density at radius 1 is 1.06 bits per heavy atom. The van der Waals surface area contributed by atoms with Crippen LogP contribution < -0.4 is 5.32 Å². The highest BCUT2D eigenvalue weighted by Crippen LogP contribution is 2.03. The number of hydrogen-bond acceptors (Lipinski definition) is 2. The van der Waals surface area contributed by atoms with Gasteiger partial charge in [-0.2, -0.15) is 0 Å². The summed E-state index contributed by atoms with van der Waals surface area (Å²) in [6, 6.07) is 0.227. The molecule has 0 heterocycles. The monoisotopic (exact) mass is 243 g/mol. The average molecular weight is 243 g/mol. The fourth-order valence-corrected chi connectivity index (χ4v) is 1.71. The quantitative estimate of drug-likeness (QED) is 0.582. The Morgan fingerprint density at radius 3 is 2.35 bits per heavy atom. The van der Waals surface area contributed by atoms with Gasteiger partial charge in [-0.05, 0) is 19.8 Å². The molecule has 1 unspecified atom stereocenters. The summed E-state index contributed by atoms with van der Waals surface area (Å²) in [5.41, 5.74) is 0. The molecule has 1 amide bonds. The van der Waals surface area contributed by atoms with E-state index in [1.807, 2.05) is 6.92 Å². The summed E-state index contributed by atoms with van der Waals surface area (Å²) in [6.45, 7) is 6.94. The van der Waals surface area contributed by atoms with Gasteiger partial charge in [-0.1, -0.05) is 52.4 Å². The SMILES string of the molecule is CCCCCCOC(=O)NC(C)CCCCC. The van der Waals surface area contributed by atoms with Crippen molar-refractivity contribution in [2.75, 3.05) is 6.61 Å². The predicted molar refractivity (Wildman–Crippen MR) is 72.2 cm³/mol. The minimum Gasteiger partial charge on any atom is -0.450 e. The van der Waals surface area contributed by atoms with Gasteiger partial charge in [-0.15, -0.1) is 0 Å². The maximum absolute atomic E-state index is 11.4. The highest BCUT2D eigenvalue weighted by Gasteiger charge is 2.07. The summed E-state index contributed by atoms with van der Waals surface area (Å²) < 4.78 is 5.12. The minimum absolute atomic E-state index is 0.227. The van der Waals surface area contributed by atoms with Gasteiger partial charge in [0.15, 0.2) is 0 Å². The van der Waals surface area contributed by atoms with Gasteiger partial charge in [-0.25, -0.2) is 4.79 Å². The third-order valence-electron chi connectivity index (χ3n) is 2.84. The average Bonchev–Trinajstić information content (AvgIpc) is 2.29. The molecule has 17 heavy (non-hydrogen) atoms. The van der Waals surface area contributed by atoms with E-state index in [-0.39, 0.29) is 12.1 Å². The van der Waals surface area contributed by atoms with Crippen LogP contribution in [0, 0.1) is 0 Å². The zero-order valence-electron chi connectivity index (χ0n) is 11.8. The Labute approximate surface area is 106 Å². The van der Waals surface area contributed by atoms with Crippen LogP contribution in [-0.4, -0.2) is 18.7 Å². The maximum atomic E-state index is 11.4. The number of ether oxygens (including phenoxy) is 1. The highest BCUT2D eigenvalue weighted by molar-refractivity contribution is 5.67. The Balaban J connectivity index is 3.37. The Bertz CT molecular complexity index is 183. The molecule has 0 aliphatic carbocycles. The van der Waals surface area contributed by atoms with E-state index in [2.05, 4.69) is 19.2 Å². The van der Waals surface area contributed by atoms with E-state index in [1.54, 1.807) is 0 Å². The number of amides is 1. The van der Waals surface area contributed by atoms with Gasteiger partial charge in [-0.3, -0.25) is 0 Å². The van der Waals surface area contributed by atoms with E-state index in [9.17, 15) is 4.79 Å². The molecule has 0 aliphatic rings. The van der Waals surface area contributed by atoms with Gasteiger partial charge in [0.1, 0.15) is 0 Å². The van der Waals surface area contributed by atoms with Crippen molar-refractivity contribution in [3.63, 3.8) is 0 Å². The first kappa shape index (κ1) is 16.3. The largest absolute Gasteiger partial charge is 0.450 e. The van der Waals surface area contributed by atoms with Crippen molar-refractivity contribution < 1.29 is 9.53 Å². The van der Waals surface area contributed by atoms with E-state index >= 15 is 0 Å². The van der Waals surface area contributed by atoms with Gasteiger partial charge in [0.25, 0.3) is 0 Å². The lowest BCUT2D eigenvalue weighted by molar-refractivity contribution is 0.140. The standard InChI is InChI=1S/C14H29NO2/c1-4-6-8-10-12-17-14(16)15-13(3)11-9-7-5-2/h13H,4-12H2,1-3H3,(H,15,16). The van der Waals surface area contributed by atoms with Gasteiger partial charge in [0.05, 0.1) is 6.61 Å². The first-order valence-electron chi connectivity index (χ1n) is 7.14. The second-order valence-corrected chi connectivity index (χ2v) is 4.74. The van der Waals surface area contributed by atoms with Gasteiger partial charge < -0.3 is 10.1 Å². The molecule has 0 spiro atoms. The summed E-state index contributed by atoms with van der Waals surface area (Å²) in [6.07, 6.45) is 8.96. The van der Waals surface area contributed by atoms with Crippen molar-refractivity contribution in [3.8, 4) is 0 Å². The fraction of sp³-hybridized carbons (Fsp3) is 0.929. The Hall–Kier alpha value is -0.730. The molecular weight excluding hydrogens is 214 g/mol. The van der Waals surface area contributed by atoms with Crippen LogP contribution in [0.25, 0.3) is 0 Å². The molecule has 0 aromatic heterocycles. The molecule has 0 aromatic carbocycles. The molecule has 3 heteroatoms. The van der Waals surface area contributed by atoms with E-state index in [4.69, 9.17) is 4.74 Å². The molecule has 3 nitrogen and oxygen atoms in total. The summed E-state index contributed by atoms with van der Waals surface area (Å²) >= 11 is 0. The maximum Gasteiger partial charge on any atom is 0.407 e. The fourth-order valence-electron chi connectivity index (χ4n) is 1.71. The number of hydrogen-bond donors (Lipinski definition) is 1. The van der Waals surface area contributed by atoms with Crippen molar-refractivity contribution in [1.82, 2.24) is 5.32 Å². The lowest BCUT2D eigenvalue weighted by Gasteiger charge is -2.13. The van der Waals surface area contributed by atoms with Crippen molar-refractivity contribution in [1.29, 1.82) is 0 Å². The molecule has 102 valence electrons. The van der Waals surface area contributed by atoms with Gasteiger partial charge >= 0.3 is 6.09 Å². The molecule has 0 aromatic rings. The molecule has 1 N–H and O–H groups in total. The van der Waals surface area contributed by atoms with Crippen molar-refractivity contribution >= 4 is 6.09 Å². The normalized spacial score (nSPS) is 12.2.